The van der Waals surface area contributed by atoms with Gasteiger partial charge in [-0.15, -0.1) is 11.8 Å². The lowest BCUT2D eigenvalue weighted by Gasteiger charge is -2.19. The molecular formula is C17H23N3S. The molecular weight excluding hydrogens is 278 g/mol. The number of aromatic nitrogens is 1. The number of nitrogens with two attached hydrogens (primary N) is 1. The molecule has 0 saturated heterocycles. The Morgan fingerprint density at radius 2 is 1.95 bits per heavy atom. The largest absolute Gasteiger partial charge is 0.384 e. The maximum atomic E-state index is 5.77. The van der Waals surface area contributed by atoms with E-state index >= 15 is 0 Å². The van der Waals surface area contributed by atoms with E-state index in [2.05, 4.69) is 48.4 Å². The van der Waals surface area contributed by atoms with Crippen molar-refractivity contribution in [3.8, 4) is 0 Å². The molecule has 0 saturated carbocycles. The monoisotopic (exact) mass is 301 g/mol. The normalized spacial score (nSPS) is 12.3. The number of nitrogens with zero attached hydrogens (tertiary/aromatic N) is 1. The summed E-state index contributed by atoms with van der Waals surface area (Å²) in [4.78, 5) is 5.38. The zero-order valence-electron chi connectivity index (χ0n) is 12.7. The predicted octanol–water partition coefficient (Wildman–Crippen LogP) is 3.67. The maximum absolute atomic E-state index is 5.77. The summed E-state index contributed by atoms with van der Waals surface area (Å²) in [5.74, 6) is 1.68. The summed E-state index contributed by atoms with van der Waals surface area (Å²) in [5, 5.41) is 3.55. The number of anilines is 1. The van der Waals surface area contributed by atoms with Crippen molar-refractivity contribution in [3.05, 3.63) is 53.7 Å². The molecule has 1 aromatic carbocycles. The van der Waals surface area contributed by atoms with Crippen LogP contribution in [0.25, 0.3) is 0 Å². The van der Waals surface area contributed by atoms with Gasteiger partial charge in [-0.1, -0.05) is 26.0 Å². The van der Waals surface area contributed by atoms with Crippen LogP contribution in [-0.2, 0) is 6.42 Å². The van der Waals surface area contributed by atoms with Gasteiger partial charge in [0.05, 0.1) is 0 Å². The third-order valence-electron chi connectivity index (χ3n) is 3.33. The smallest absolute Gasteiger partial charge is 0.123 e. The maximum Gasteiger partial charge on any atom is 0.123 e. The van der Waals surface area contributed by atoms with E-state index in [4.69, 9.17) is 5.73 Å². The fourth-order valence-electron chi connectivity index (χ4n) is 2.37. The van der Waals surface area contributed by atoms with Gasteiger partial charge in [-0.2, -0.15) is 0 Å². The first-order valence-corrected chi connectivity index (χ1v) is 8.38. The lowest BCUT2D eigenvalue weighted by atomic mass is 9.99. The number of hydrogen-bond donors (Lipinski definition) is 2. The van der Waals surface area contributed by atoms with Gasteiger partial charge < -0.3 is 11.1 Å². The van der Waals surface area contributed by atoms with E-state index in [1.165, 1.54) is 16.0 Å². The van der Waals surface area contributed by atoms with Gasteiger partial charge >= 0.3 is 0 Å². The third-order valence-corrected chi connectivity index (χ3v) is 4.22. The summed E-state index contributed by atoms with van der Waals surface area (Å²) >= 11 is 1.87. The van der Waals surface area contributed by atoms with E-state index in [0.717, 1.165) is 18.7 Å². The van der Waals surface area contributed by atoms with E-state index < -0.39 is 0 Å². The van der Waals surface area contributed by atoms with Crippen molar-refractivity contribution in [2.24, 2.45) is 0 Å². The summed E-state index contributed by atoms with van der Waals surface area (Å²) in [6.07, 6.45) is 2.69. The Balaban J connectivity index is 2.14. The average Bonchev–Trinajstić information content (AvgIpc) is 2.48. The van der Waals surface area contributed by atoms with Gasteiger partial charge in [0.25, 0.3) is 0 Å². The van der Waals surface area contributed by atoms with Crippen LogP contribution in [0, 0.1) is 0 Å². The molecule has 0 bridgehead atoms. The van der Waals surface area contributed by atoms with Crippen LogP contribution in [0.1, 0.15) is 31.0 Å². The third kappa shape index (κ3) is 4.76. The van der Waals surface area contributed by atoms with E-state index in [1.54, 1.807) is 6.20 Å². The molecule has 4 heteroatoms. The van der Waals surface area contributed by atoms with Crippen molar-refractivity contribution in [1.29, 1.82) is 0 Å². The number of pyridine rings is 1. The van der Waals surface area contributed by atoms with E-state index in [9.17, 15) is 0 Å². The molecule has 0 aliphatic heterocycles. The fourth-order valence-corrected chi connectivity index (χ4v) is 3.04. The molecule has 1 aromatic heterocycles. The first-order valence-electron chi connectivity index (χ1n) is 7.39. The highest BCUT2D eigenvalue weighted by molar-refractivity contribution is 7.99. The van der Waals surface area contributed by atoms with Crippen LogP contribution < -0.4 is 11.1 Å². The minimum absolute atomic E-state index is 0.303. The molecule has 1 atom stereocenters. The van der Waals surface area contributed by atoms with Crippen LogP contribution in [0.2, 0.25) is 0 Å². The zero-order valence-corrected chi connectivity index (χ0v) is 13.5. The predicted molar refractivity (Wildman–Crippen MR) is 91.6 cm³/mol. The Bertz CT molecular complexity index is 554. The summed E-state index contributed by atoms with van der Waals surface area (Å²) in [6.45, 7) is 5.25. The zero-order chi connectivity index (χ0) is 15.1. The van der Waals surface area contributed by atoms with Gasteiger partial charge in [-0.05, 0) is 54.1 Å². The van der Waals surface area contributed by atoms with Gasteiger partial charge in [0.2, 0.25) is 0 Å². The fraction of sp³-hybridized carbons (Fsp3) is 0.353. The molecule has 2 rings (SSSR count). The van der Waals surface area contributed by atoms with Crippen molar-refractivity contribution in [2.75, 3.05) is 18.0 Å². The second-order valence-corrected chi connectivity index (χ2v) is 6.24. The molecule has 0 aliphatic carbocycles. The number of nitrogen functional groups attached to an aromatic ring is 1. The average molecular weight is 301 g/mol. The highest BCUT2D eigenvalue weighted by Crippen LogP contribution is 2.23. The Morgan fingerprint density at radius 1 is 1.19 bits per heavy atom. The summed E-state index contributed by atoms with van der Waals surface area (Å²) in [6, 6.07) is 13.1. The molecule has 3 nitrogen and oxygen atoms in total. The molecule has 0 radical (unpaired) electrons. The minimum Gasteiger partial charge on any atom is -0.384 e. The Morgan fingerprint density at radius 3 is 2.57 bits per heavy atom. The van der Waals surface area contributed by atoms with Crippen LogP contribution in [0.15, 0.2) is 47.5 Å². The second kappa shape index (κ2) is 8.05. The Kier molecular flexibility index (Phi) is 6.08. The minimum atomic E-state index is 0.303. The molecule has 112 valence electrons. The quantitative estimate of drug-likeness (QED) is 0.766. The molecule has 0 fully saturated rings. The number of thioether (sulfide) groups is 1. The van der Waals surface area contributed by atoms with Crippen LogP contribution in [0.5, 0.6) is 0 Å². The van der Waals surface area contributed by atoms with Crippen molar-refractivity contribution in [3.63, 3.8) is 0 Å². The molecule has 0 spiro atoms. The van der Waals surface area contributed by atoms with Crippen LogP contribution in [-0.4, -0.2) is 17.3 Å². The molecule has 21 heavy (non-hydrogen) atoms. The van der Waals surface area contributed by atoms with Gasteiger partial charge in [0.15, 0.2) is 0 Å². The first-order chi connectivity index (χ1) is 10.2. The van der Waals surface area contributed by atoms with Gasteiger partial charge in [0, 0.05) is 17.1 Å². The molecule has 2 aromatic rings. The van der Waals surface area contributed by atoms with Crippen molar-refractivity contribution < 1.29 is 0 Å². The first kappa shape index (κ1) is 15.9. The molecule has 0 aliphatic rings. The standard InChI is InChI=1S/C17H23N3S/c1-3-19-16(11-13-9-10-20-17(18)12-13)14-5-7-15(8-6-14)21-4-2/h5-10,12,16,19H,3-4,11H2,1-2H3,(H2,18,20). The second-order valence-electron chi connectivity index (χ2n) is 4.91. The van der Waals surface area contributed by atoms with E-state index in [1.807, 2.05) is 23.9 Å². The lowest BCUT2D eigenvalue weighted by molar-refractivity contribution is 0.549. The highest BCUT2D eigenvalue weighted by atomic mass is 32.2. The van der Waals surface area contributed by atoms with E-state index in [0.29, 0.717) is 11.9 Å². The number of rotatable bonds is 7. The molecule has 0 amide bonds. The topological polar surface area (TPSA) is 50.9 Å². The molecule has 1 heterocycles. The van der Waals surface area contributed by atoms with Crippen LogP contribution >= 0.6 is 11.8 Å². The Labute approximate surface area is 131 Å². The van der Waals surface area contributed by atoms with Crippen molar-refractivity contribution >= 4 is 17.6 Å². The van der Waals surface area contributed by atoms with Gasteiger partial charge in [-0.3, -0.25) is 0 Å². The SMILES string of the molecule is CCNC(Cc1ccnc(N)c1)c1ccc(SCC)cc1. The highest BCUT2D eigenvalue weighted by Gasteiger charge is 2.11. The molecule has 3 N–H and O–H groups in total. The summed E-state index contributed by atoms with van der Waals surface area (Å²) < 4.78 is 0. The Hall–Kier alpha value is -1.52. The van der Waals surface area contributed by atoms with Gasteiger partial charge in [-0.25, -0.2) is 4.98 Å². The number of likely N-dealkylation sites (N-methyl/N-ethyl adjacent to an activating group) is 1. The van der Waals surface area contributed by atoms with Gasteiger partial charge in [0.1, 0.15) is 5.82 Å². The van der Waals surface area contributed by atoms with Crippen molar-refractivity contribution in [1.82, 2.24) is 10.3 Å². The van der Waals surface area contributed by atoms with Crippen LogP contribution in [0.4, 0.5) is 5.82 Å². The number of hydrogen-bond acceptors (Lipinski definition) is 4. The molecule has 1 unspecified atom stereocenters. The summed E-state index contributed by atoms with van der Waals surface area (Å²) in [5.41, 5.74) is 8.29. The van der Waals surface area contributed by atoms with E-state index in [-0.39, 0.29) is 0 Å². The number of benzene rings is 1. The lowest BCUT2D eigenvalue weighted by Crippen LogP contribution is -2.23. The summed E-state index contributed by atoms with van der Waals surface area (Å²) in [7, 11) is 0. The van der Waals surface area contributed by atoms with Crippen LogP contribution in [0.3, 0.4) is 0 Å². The number of nitrogens with one attached hydrogen (secondary N) is 1. The van der Waals surface area contributed by atoms with Crippen molar-refractivity contribution in [2.45, 2.75) is 31.2 Å².